The lowest BCUT2D eigenvalue weighted by atomic mass is 10.1. The molecule has 82 valence electrons. The van der Waals surface area contributed by atoms with Crippen LogP contribution in [0.5, 0.6) is 0 Å². The van der Waals surface area contributed by atoms with Crippen molar-refractivity contribution in [2.45, 2.75) is 6.92 Å². The highest BCUT2D eigenvalue weighted by Crippen LogP contribution is 2.23. The Balaban J connectivity index is 2.35. The average molecular weight is 214 g/mol. The number of nitrogens with one attached hydrogen (secondary N) is 1. The number of nitrogens with zero attached hydrogens (tertiary/aromatic N) is 2. The lowest BCUT2D eigenvalue weighted by Gasteiger charge is -2.08. The summed E-state index contributed by atoms with van der Waals surface area (Å²) in [6.45, 7) is 2.82. The fraction of sp³-hybridized carbons (Fsp3) is 0.167. The molecule has 4 heteroatoms. The van der Waals surface area contributed by atoms with E-state index in [1.807, 2.05) is 31.3 Å². The van der Waals surface area contributed by atoms with Crippen LogP contribution in [0.15, 0.2) is 36.8 Å². The van der Waals surface area contributed by atoms with Gasteiger partial charge in [0, 0.05) is 30.7 Å². The summed E-state index contributed by atoms with van der Waals surface area (Å²) in [7, 11) is 0. The molecule has 0 saturated heterocycles. The van der Waals surface area contributed by atoms with Crippen LogP contribution in [-0.2, 0) is 0 Å². The molecule has 4 nitrogen and oxygen atoms in total. The number of rotatable bonds is 3. The summed E-state index contributed by atoms with van der Waals surface area (Å²) in [4.78, 5) is 8.26. The Morgan fingerprint density at radius 1 is 1.25 bits per heavy atom. The predicted molar refractivity (Wildman–Crippen MR) is 66.0 cm³/mol. The van der Waals surface area contributed by atoms with Gasteiger partial charge in [-0.25, -0.2) is 4.98 Å². The Morgan fingerprint density at radius 3 is 2.62 bits per heavy atom. The Morgan fingerprint density at radius 2 is 2.00 bits per heavy atom. The minimum Gasteiger partial charge on any atom is -0.396 e. The van der Waals surface area contributed by atoms with Gasteiger partial charge >= 0.3 is 0 Å². The fourth-order valence-electron chi connectivity index (χ4n) is 1.50. The smallest absolute Gasteiger partial charge is 0.149 e. The van der Waals surface area contributed by atoms with Crippen molar-refractivity contribution in [2.24, 2.45) is 0 Å². The molecule has 0 amide bonds. The molecular weight excluding hydrogens is 200 g/mol. The maximum atomic E-state index is 5.90. The Bertz CT molecular complexity index is 468. The summed E-state index contributed by atoms with van der Waals surface area (Å²) in [5, 5.41) is 3.11. The lowest BCUT2D eigenvalue weighted by molar-refractivity contribution is 1.16. The second-order valence-electron chi connectivity index (χ2n) is 3.43. The molecule has 2 rings (SSSR count). The summed E-state index contributed by atoms with van der Waals surface area (Å²) in [6.07, 6.45) is 5.32. The standard InChI is InChI=1S/C12H14N4/c1-2-15-12-11(13)7-10(8-16-12)9-3-5-14-6-4-9/h3-8H,2,13H2,1H3,(H,15,16). The average Bonchev–Trinajstić information content (AvgIpc) is 2.33. The molecule has 0 unspecified atom stereocenters. The topological polar surface area (TPSA) is 63.8 Å². The van der Waals surface area contributed by atoms with Gasteiger partial charge in [-0.2, -0.15) is 0 Å². The zero-order valence-electron chi connectivity index (χ0n) is 9.14. The largest absolute Gasteiger partial charge is 0.396 e. The first-order valence-corrected chi connectivity index (χ1v) is 5.21. The van der Waals surface area contributed by atoms with Gasteiger partial charge in [0.15, 0.2) is 0 Å². The van der Waals surface area contributed by atoms with Gasteiger partial charge in [0.05, 0.1) is 5.69 Å². The molecule has 2 heterocycles. The lowest BCUT2D eigenvalue weighted by Crippen LogP contribution is -2.03. The van der Waals surface area contributed by atoms with Crippen molar-refractivity contribution in [1.82, 2.24) is 9.97 Å². The van der Waals surface area contributed by atoms with Crippen molar-refractivity contribution >= 4 is 11.5 Å². The number of hydrogen-bond donors (Lipinski definition) is 2. The van der Waals surface area contributed by atoms with Gasteiger partial charge in [0.2, 0.25) is 0 Å². The van der Waals surface area contributed by atoms with Gasteiger partial charge in [-0.1, -0.05) is 0 Å². The molecule has 0 fully saturated rings. The van der Waals surface area contributed by atoms with Gasteiger partial charge in [-0.15, -0.1) is 0 Å². The van der Waals surface area contributed by atoms with Crippen molar-refractivity contribution in [3.8, 4) is 11.1 Å². The predicted octanol–water partition coefficient (Wildman–Crippen LogP) is 2.16. The van der Waals surface area contributed by atoms with E-state index in [2.05, 4.69) is 15.3 Å². The zero-order chi connectivity index (χ0) is 11.4. The van der Waals surface area contributed by atoms with Crippen molar-refractivity contribution in [3.05, 3.63) is 36.8 Å². The van der Waals surface area contributed by atoms with E-state index >= 15 is 0 Å². The summed E-state index contributed by atoms with van der Waals surface area (Å²) in [5.41, 5.74) is 8.64. The minimum atomic E-state index is 0.663. The molecule has 3 N–H and O–H groups in total. The zero-order valence-corrected chi connectivity index (χ0v) is 9.14. The van der Waals surface area contributed by atoms with Crippen molar-refractivity contribution in [1.29, 1.82) is 0 Å². The van der Waals surface area contributed by atoms with E-state index in [0.29, 0.717) is 5.69 Å². The number of nitrogens with two attached hydrogens (primary N) is 1. The van der Waals surface area contributed by atoms with Crippen LogP contribution in [0.1, 0.15) is 6.92 Å². The Kier molecular flexibility index (Phi) is 3.00. The van der Waals surface area contributed by atoms with E-state index in [9.17, 15) is 0 Å². The van der Waals surface area contributed by atoms with Crippen LogP contribution in [0.4, 0.5) is 11.5 Å². The third-order valence-electron chi connectivity index (χ3n) is 2.28. The van der Waals surface area contributed by atoms with E-state index in [4.69, 9.17) is 5.73 Å². The van der Waals surface area contributed by atoms with Crippen LogP contribution in [-0.4, -0.2) is 16.5 Å². The van der Waals surface area contributed by atoms with Crippen LogP contribution >= 0.6 is 0 Å². The fourth-order valence-corrected chi connectivity index (χ4v) is 1.50. The number of nitrogen functional groups attached to an aromatic ring is 1. The highest BCUT2D eigenvalue weighted by atomic mass is 15.0. The summed E-state index contributed by atoms with van der Waals surface area (Å²) >= 11 is 0. The van der Waals surface area contributed by atoms with E-state index in [1.165, 1.54) is 0 Å². The normalized spacial score (nSPS) is 10.1. The van der Waals surface area contributed by atoms with Crippen molar-refractivity contribution < 1.29 is 0 Å². The molecule has 0 aliphatic rings. The van der Waals surface area contributed by atoms with Crippen LogP contribution in [0.25, 0.3) is 11.1 Å². The molecule has 0 radical (unpaired) electrons. The Hall–Kier alpha value is -2.10. The highest BCUT2D eigenvalue weighted by Gasteiger charge is 2.02. The molecule has 0 atom stereocenters. The number of anilines is 2. The maximum Gasteiger partial charge on any atom is 0.149 e. The van der Waals surface area contributed by atoms with Gasteiger partial charge < -0.3 is 11.1 Å². The molecule has 0 spiro atoms. The molecule has 2 aromatic rings. The molecule has 0 aliphatic heterocycles. The van der Waals surface area contributed by atoms with E-state index < -0.39 is 0 Å². The SMILES string of the molecule is CCNc1ncc(-c2ccncc2)cc1N. The first-order chi connectivity index (χ1) is 7.81. The summed E-state index contributed by atoms with van der Waals surface area (Å²) < 4.78 is 0. The van der Waals surface area contributed by atoms with E-state index in [0.717, 1.165) is 23.5 Å². The second-order valence-corrected chi connectivity index (χ2v) is 3.43. The van der Waals surface area contributed by atoms with Crippen LogP contribution in [0, 0.1) is 0 Å². The number of aromatic nitrogens is 2. The van der Waals surface area contributed by atoms with Gasteiger partial charge in [0.1, 0.15) is 5.82 Å². The maximum absolute atomic E-state index is 5.90. The number of pyridine rings is 2. The quantitative estimate of drug-likeness (QED) is 0.821. The first-order valence-electron chi connectivity index (χ1n) is 5.21. The van der Waals surface area contributed by atoms with Gasteiger partial charge in [-0.05, 0) is 30.7 Å². The summed E-state index contributed by atoms with van der Waals surface area (Å²) in [6, 6.07) is 5.78. The molecular formula is C12H14N4. The monoisotopic (exact) mass is 214 g/mol. The molecule has 0 saturated carbocycles. The first kappa shape index (κ1) is 10.4. The molecule has 0 aliphatic carbocycles. The number of hydrogen-bond acceptors (Lipinski definition) is 4. The van der Waals surface area contributed by atoms with Crippen molar-refractivity contribution in [2.75, 3.05) is 17.6 Å². The minimum absolute atomic E-state index is 0.663. The van der Waals surface area contributed by atoms with E-state index in [1.54, 1.807) is 12.4 Å². The summed E-state index contributed by atoms with van der Waals surface area (Å²) in [5.74, 6) is 0.736. The van der Waals surface area contributed by atoms with Gasteiger partial charge in [0.25, 0.3) is 0 Å². The third kappa shape index (κ3) is 2.11. The Labute approximate surface area is 94.5 Å². The van der Waals surface area contributed by atoms with Gasteiger partial charge in [-0.3, -0.25) is 4.98 Å². The third-order valence-corrected chi connectivity index (χ3v) is 2.28. The molecule has 2 aromatic heterocycles. The van der Waals surface area contributed by atoms with Crippen LogP contribution < -0.4 is 11.1 Å². The second kappa shape index (κ2) is 4.61. The van der Waals surface area contributed by atoms with Crippen LogP contribution in [0.2, 0.25) is 0 Å². The molecule has 0 bridgehead atoms. The van der Waals surface area contributed by atoms with Crippen LogP contribution in [0.3, 0.4) is 0 Å². The highest BCUT2D eigenvalue weighted by molar-refractivity contribution is 5.72. The molecule has 0 aromatic carbocycles. The molecule has 16 heavy (non-hydrogen) atoms. The van der Waals surface area contributed by atoms with E-state index in [-0.39, 0.29) is 0 Å². The van der Waals surface area contributed by atoms with Crippen molar-refractivity contribution in [3.63, 3.8) is 0 Å².